The molecule has 1 aliphatic rings. The van der Waals surface area contributed by atoms with Crippen molar-refractivity contribution < 1.29 is 37.4 Å². The van der Waals surface area contributed by atoms with Gasteiger partial charge in [-0.1, -0.05) is 13.1 Å². The molecule has 0 aliphatic carbocycles. The molecule has 63 valence electrons. The van der Waals surface area contributed by atoms with Crippen molar-refractivity contribution in [3.05, 3.63) is 35.9 Å². The molecule has 0 aromatic carbocycles. The standard InChI is InChI=1S/C8H11N2O.Y/c1-6-4-8(11-3)7(2)10(9)5-6;/h4H,2,9H2,1,3H3;/q-1;. The van der Waals surface area contributed by atoms with Crippen LogP contribution >= 0.6 is 0 Å². The molecule has 0 saturated heterocycles. The minimum Gasteiger partial charge on any atom is -0.520 e. The number of ether oxygens (including phenoxy) is 1. The van der Waals surface area contributed by atoms with Gasteiger partial charge >= 0.3 is 0 Å². The number of nitrogens with two attached hydrogens (primary N) is 1. The van der Waals surface area contributed by atoms with Crippen LogP contribution in [0.1, 0.15) is 6.92 Å². The van der Waals surface area contributed by atoms with E-state index in [1.807, 2.05) is 13.0 Å². The first-order chi connectivity index (χ1) is 5.15. The Morgan fingerprint density at radius 1 is 1.67 bits per heavy atom. The Hall–Kier alpha value is -0.116. The minimum absolute atomic E-state index is 0. The number of methoxy groups -OCH3 is 1. The second-order valence-electron chi connectivity index (χ2n) is 2.32. The zero-order chi connectivity index (χ0) is 8.43. The first kappa shape index (κ1) is 11.9. The summed E-state index contributed by atoms with van der Waals surface area (Å²) in [5.74, 6) is 6.20. The topological polar surface area (TPSA) is 38.5 Å². The Labute approximate surface area is 97.8 Å². The summed E-state index contributed by atoms with van der Waals surface area (Å²) in [5.41, 5.74) is 1.55. The Bertz CT molecular complexity index is 245. The Morgan fingerprint density at radius 3 is 2.75 bits per heavy atom. The van der Waals surface area contributed by atoms with E-state index in [2.05, 4.69) is 12.8 Å². The Balaban J connectivity index is 0.00000121. The third-order valence-electron chi connectivity index (χ3n) is 1.44. The van der Waals surface area contributed by atoms with Crippen LogP contribution in [0.5, 0.6) is 0 Å². The molecule has 1 aliphatic heterocycles. The van der Waals surface area contributed by atoms with Gasteiger partial charge in [0.05, 0.1) is 7.11 Å². The number of allylic oxidation sites excluding steroid dienone is 2. The average molecular weight is 240 g/mol. The van der Waals surface area contributed by atoms with E-state index in [4.69, 9.17) is 10.6 Å². The number of hydrazine groups is 1. The van der Waals surface area contributed by atoms with Crippen molar-refractivity contribution in [1.29, 1.82) is 0 Å². The van der Waals surface area contributed by atoms with Crippen molar-refractivity contribution in [3.8, 4) is 0 Å². The van der Waals surface area contributed by atoms with Crippen molar-refractivity contribution in [1.82, 2.24) is 5.01 Å². The molecular weight excluding hydrogens is 229 g/mol. The quantitative estimate of drug-likeness (QED) is 0.547. The van der Waals surface area contributed by atoms with E-state index in [1.54, 1.807) is 7.11 Å². The molecule has 1 heterocycles. The number of rotatable bonds is 1. The molecule has 3 nitrogen and oxygen atoms in total. The second-order valence-corrected chi connectivity index (χ2v) is 2.32. The molecule has 4 heteroatoms. The van der Waals surface area contributed by atoms with E-state index in [0.29, 0.717) is 11.5 Å². The van der Waals surface area contributed by atoms with Gasteiger partial charge in [0.2, 0.25) is 0 Å². The summed E-state index contributed by atoms with van der Waals surface area (Å²) in [6.45, 7) is 5.61. The summed E-state index contributed by atoms with van der Waals surface area (Å²) in [5, 5.41) is 1.33. The molecule has 0 amide bonds. The molecule has 0 atom stereocenters. The van der Waals surface area contributed by atoms with Crippen molar-refractivity contribution in [2.75, 3.05) is 7.11 Å². The van der Waals surface area contributed by atoms with Crippen LogP contribution in [0.4, 0.5) is 0 Å². The van der Waals surface area contributed by atoms with E-state index in [1.165, 1.54) is 5.01 Å². The predicted octanol–water partition coefficient (Wildman–Crippen LogP) is 0.924. The van der Waals surface area contributed by atoms with Crippen LogP contribution < -0.4 is 5.84 Å². The molecule has 0 saturated carbocycles. The minimum atomic E-state index is 0. The summed E-state index contributed by atoms with van der Waals surface area (Å²) < 4.78 is 5.02. The molecule has 1 rings (SSSR count). The maximum atomic E-state index is 5.52. The van der Waals surface area contributed by atoms with Crippen LogP contribution in [0.25, 0.3) is 0 Å². The fourth-order valence-electron chi connectivity index (χ4n) is 0.865. The number of hydrogen-bond acceptors (Lipinski definition) is 3. The SMILES string of the molecule is C=C1C(OC)=CC(C)=[C-]N1N.[Y]. The van der Waals surface area contributed by atoms with Gasteiger partial charge in [-0.05, 0) is 5.70 Å². The Kier molecular flexibility index (Phi) is 4.75. The fourth-order valence-corrected chi connectivity index (χ4v) is 0.865. The first-order valence-electron chi connectivity index (χ1n) is 3.25. The summed E-state index contributed by atoms with van der Waals surface area (Å²) >= 11 is 0. The van der Waals surface area contributed by atoms with Crippen molar-refractivity contribution >= 4 is 0 Å². The van der Waals surface area contributed by atoms with E-state index in [9.17, 15) is 0 Å². The van der Waals surface area contributed by atoms with Gasteiger partial charge in [0.25, 0.3) is 0 Å². The molecule has 0 spiro atoms. The molecule has 1 radical (unpaired) electrons. The smallest absolute Gasteiger partial charge is 0.0744 e. The van der Waals surface area contributed by atoms with Gasteiger partial charge in [-0.15, -0.1) is 18.2 Å². The van der Waals surface area contributed by atoms with Gasteiger partial charge in [0.15, 0.2) is 0 Å². The van der Waals surface area contributed by atoms with Gasteiger partial charge in [-0.2, -0.15) is 0 Å². The van der Waals surface area contributed by atoms with Crippen LogP contribution in [-0.2, 0) is 37.4 Å². The van der Waals surface area contributed by atoms with Crippen molar-refractivity contribution in [2.45, 2.75) is 6.92 Å². The van der Waals surface area contributed by atoms with Crippen LogP contribution in [0.2, 0.25) is 0 Å². The van der Waals surface area contributed by atoms with Crippen molar-refractivity contribution in [3.63, 3.8) is 0 Å². The molecule has 0 aromatic heterocycles. The monoisotopic (exact) mass is 240 g/mol. The number of nitrogens with zero attached hydrogens (tertiary/aromatic N) is 1. The average Bonchev–Trinajstić information content (AvgIpc) is 1.96. The number of hydrogen-bond donors (Lipinski definition) is 1. The van der Waals surface area contributed by atoms with Crippen LogP contribution in [0.15, 0.2) is 29.7 Å². The largest absolute Gasteiger partial charge is 0.520 e. The van der Waals surface area contributed by atoms with E-state index in [0.717, 1.165) is 5.57 Å². The van der Waals surface area contributed by atoms with Crippen LogP contribution in [0, 0.1) is 6.20 Å². The maximum Gasteiger partial charge on any atom is 0.0744 e. The summed E-state index contributed by atoms with van der Waals surface area (Å²) in [4.78, 5) is 0. The van der Waals surface area contributed by atoms with Gasteiger partial charge < -0.3 is 9.75 Å². The van der Waals surface area contributed by atoms with Gasteiger partial charge in [-0.25, -0.2) is 0 Å². The van der Waals surface area contributed by atoms with Crippen molar-refractivity contribution in [2.24, 2.45) is 5.84 Å². The zero-order valence-electron chi connectivity index (χ0n) is 7.29. The molecule has 0 unspecified atom stereocenters. The second kappa shape index (κ2) is 4.80. The van der Waals surface area contributed by atoms with E-state index < -0.39 is 0 Å². The Morgan fingerprint density at radius 2 is 2.25 bits per heavy atom. The zero-order valence-corrected chi connectivity index (χ0v) is 10.1. The molecular formula is C8H11N2OY-. The van der Waals surface area contributed by atoms with Crippen LogP contribution in [-0.4, -0.2) is 12.1 Å². The van der Waals surface area contributed by atoms with E-state index >= 15 is 0 Å². The molecule has 12 heavy (non-hydrogen) atoms. The van der Waals surface area contributed by atoms with Crippen LogP contribution in [0.3, 0.4) is 0 Å². The molecule has 0 bridgehead atoms. The third-order valence-corrected chi connectivity index (χ3v) is 1.44. The van der Waals surface area contributed by atoms with E-state index in [-0.39, 0.29) is 32.7 Å². The van der Waals surface area contributed by atoms with Gasteiger partial charge in [0.1, 0.15) is 0 Å². The molecule has 0 fully saturated rings. The van der Waals surface area contributed by atoms with Gasteiger partial charge in [-0.3, -0.25) is 5.84 Å². The predicted molar refractivity (Wildman–Crippen MR) is 42.7 cm³/mol. The normalized spacial score (nSPS) is 16.2. The molecule has 2 N–H and O–H groups in total. The summed E-state index contributed by atoms with van der Waals surface area (Å²) in [6.07, 6.45) is 4.70. The van der Waals surface area contributed by atoms with Gasteiger partial charge in [0, 0.05) is 38.5 Å². The summed E-state index contributed by atoms with van der Waals surface area (Å²) in [6, 6.07) is 0. The third kappa shape index (κ3) is 2.44. The maximum absolute atomic E-state index is 5.52. The summed E-state index contributed by atoms with van der Waals surface area (Å²) in [7, 11) is 1.59. The first-order valence-corrected chi connectivity index (χ1v) is 3.25. The molecule has 0 aromatic rings. The fraction of sp³-hybridized carbons (Fsp3) is 0.250.